The lowest BCUT2D eigenvalue weighted by Crippen LogP contribution is -2.27. The van der Waals surface area contributed by atoms with Gasteiger partial charge < -0.3 is 4.74 Å². The first-order valence-electron chi connectivity index (χ1n) is 6.54. The van der Waals surface area contributed by atoms with Gasteiger partial charge in [0, 0.05) is 5.69 Å². The van der Waals surface area contributed by atoms with E-state index in [0.717, 1.165) is 11.1 Å². The van der Waals surface area contributed by atoms with Crippen LogP contribution in [0.3, 0.4) is 0 Å². The number of ether oxygens (including phenoxy) is 1. The third-order valence-electron chi connectivity index (χ3n) is 2.02. The zero-order valence-electron chi connectivity index (χ0n) is 12.8. The lowest BCUT2D eigenvalue weighted by atomic mass is 10.1. The molecule has 3 heteroatoms. The third-order valence-corrected chi connectivity index (χ3v) is 2.02. The van der Waals surface area contributed by atoms with Gasteiger partial charge in [0.1, 0.15) is 5.60 Å². The van der Waals surface area contributed by atoms with Gasteiger partial charge in [0.2, 0.25) is 0 Å². The second-order valence-corrected chi connectivity index (χ2v) is 4.98. The fraction of sp³-hybridized carbons (Fsp3) is 0.438. The minimum absolute atomic E-state index is 0.444. The lowest BCUT2D eigenvalue weighted by molar-refractivity contribution is 0.0636. The summed E-state index contributed by atoms with van der Waals surface area (Å²) in [6, 6.07) is 7.48. The SMILES string of the molecule is C=C(C)c1ccc(NC(=O)OC(C)(C)C)cc1.CC. The highest BCUT2D eigenvalue weighted by atomic mass is 16.6. The highest BCUT2D eigenvalue weighted by Gasteiger charge is 2.15. The Hall–Kier alpha value is -1.77. The molecule has 0 aromatic heterocycles. The van der Waals surface area contributed by atoms with Crippen molar-refractivity contribution in [3.05, 3.63) is 36.4 Å². The van der Waals surface area contributed by atoms with Crippen LogP contribution in [0.25, 0.3) is 5.57 Å². The molecular formula is C16H25NO2. The largest absolute Gasteiger partial charge is 0.444 e. The molecule has 0 spiro atoms. The monoisotopic (exact) mass is 263 g/mol. The van der Waals surface area contributed by atoms with Crippen molar-refractivity contribution >= 4 is 17.4 Å². The van der Waals surface area contributed by atoms with Crippen LogP contribution >= 0.6 is 0 Å². The van der Waals surface area contributed by atoms with Crippen molar-refractivity contribution in [2.75, 3.05) is 5.32 Å². The first-order valence-corrected chi connectivity index (χ1v) is 6.54. The predicted molar refractivity (Wildman–Crippen MR) is 82.4 cm³/mol. The van der Waals surface area contributed by atoms with E-state index in [2.05, 4.69) is 11.9 Å². The summed E-state index contributed by atoms with van der Waals surface area (Å²) in [5, 5.41) is 2.67. The minimum Gasteiger partial charge on any atom is -0.444 e. The number of anilines is 1. The van der Waals surface area contributed by atoms with Gasteiger partial charge in [0.25, 0.3) is 0 Å². The van der Waals surface area contributed by atoms with Crippen molar-refractivity contribution in [2.45, 2.75) is 47.1 Å². The van der Waals surface area contributed by atoms with E-state index in [9.17, 15) is 4.79 Å². The molecule has 106 valence electrons. The number of carbonyl (C=O) groups is 1. The maximum atomic E-state index is 11.5. The second kappa shape index (κ2) is 7.62. The number of hydrogen-bond donors (Lipinski definition) is 1. The van der Waals surface area contributed by atoms with Crippen molar-refractivity contribution in [3.8, 4) is 0 Å². The van der Waals surface area contributed by atoms with Crippen molar-refractivity contribution in [1.82, 2.24) is 0 Å². The number of hydrogen-bond acceptors (Lipinski definition) is 2. The molecule has 0 aliphatic rings. The van der Waals surface area contributed by atoms with Gasteiger partial charge in [-0.15, -0.1) is 0 Å². The molecule has 1 aromatic carbocycles. The van der Waals surface area contributed by atoms with Crippen LogP contribution in [0.4, 0.5) is 10.5 Å². The summed E-state index contributed by atoms with van der Waals surface area (Å²) in [6.07, 6.45) is -0.444. The molecule has 0 saturated carbocycles. The average Bonchev–Trinajstić information content (AvgIpc) is 2.29. The van der Waals surface area contributed by atoms with Gasteiger partial charge in [-0.1, -0.05) is 38.1 Å². The highest BCUT2D eigenvalue weighted by molar-refractivity contribution is 5.85. The van der Waals surface area contributed by atoms with Crippen LogP contribution in [-0.4, -0.2) is 11.7 Å². The Kier molecular flexibility index (Phi) is 6.91. The maximum Gasteiger partial charge on any atom is 0.412 e. The number of rotatable bonds is 2. The molecule has 0 aliphatic carbocycles. The van der Waals surface area contributed by atoms with Crippen LogP contribution in [0.2, 0.25) is 0 Å². The van der Waals surface area contributed by atoms with Gasteiger partial charge >= 0.3 is 6.09 Å². The molecule has 1 amide bonds. The van der Waals surface area contributed by atoms with E-state index in [1.807, 2.05) is 65.8 Å². The van der Waals surface area contributed by atoms with Crippen LogP contribution < -0.4 is 5.32 Å². The number of allylic oxidation sites excluding steroid dienone is 1. The molecule has 1 aromatic rings. The Morgan fingerprint density at radius 3 is 2.00 bits per heavy atom. The standard InChI is InChI=1S/C14H19NO2.C2H6/c1-10(2)11-6-8-12(9-7-11)15-13(16)17-14(3,4)5;1-2/h6-9H,1H2,2-5H3,(H,15,16);1-2H3. The maximum absolute atomic E-state index is 11.5. The molecule has 0 radical (unpaired) electrons. The summed E-state index contributed by atoms with van der Waals surface area (Å²) < 4.78 is 5.15. The fourth-order valence-electron chi connectivity index (χ4n) is 1.26. The molecule has 3 nitrogen and oxygen atoms in total. The highest BCUT2D eigenvalue weighted by Crippen LogP contribution is 2.16. The number of nitrogens with one attached hydrogen (secondary N) is 1. The van der Waals surface area contributed by atoms with E-state index in [1.54, 1.807) is 0 Å². The van der Waals surface area contributed by atoms with Crippen LogP contribution in [0, 0.1) is 0 Å². The summed E-state index contributed by atoms with van der Waals surface area (Å²) in [5.41, 5.74) is 2.28. The summed E-state index contributed by atoms with van der Waals surface area (Å²) in [6.45, 7) is 15.3. The number of carbonyl (C=O) groups excluding carboxylic acids is 1. The quantitative estimate of drug-likeness (QED) is 0.806. The van der Waals surface area contributed by atoms with E-state index >= 15 is 0 Å². The summed E-state index contributed by atoms with van der Waals surface area (Å²) in [7, 11) is 0. The molecule has 0 saturated heterocycles. The molecule has 0 heterocycles. The molecule has 0 unspecified atom stereocenters. The van der Waals surface area contributed by atoms with E-state index < -0.39 is 11.7 Å². The molecule has 0 aliphatic heterocycles. The molecule has 1 N–H and O–H groups in total. The predicted octanol–water partition coefficient (Wildman–Crippen LogP) is 5.09. The molecule has 0 fully saturated rings. The van der Waals surface area contributed by atoms with Crippen LogP contribution in [0.5, 0.6) is 0 Å². The Morgan fingerprint density at radius 2 is 1.63 bits per heavy atom. The Bertz CT molecular complexity index is 413. The fourth-order valence-corrected chi connectivity index (χ4v) is 1.26. The van der Waals surface area contributed by atoms with Crippen molar-refractivity contribution < 1.29 is 9.53 Å². The third kappa shape index (κ3) is 7.29. The Morgan fingerprint density at radius 1 is 1.16 bits per heavy atom. The smallest absolute Gasteiger partial charge is 0.412 e. The topological polar surface area (TPSA) is 38.3 Å². The van der Waals surface area contributed by atoms with Gasteiger partial charge in [-0.2, -0.15) is 0 Å². The zero-order chi connectivity index (χ0) is 15.1. The zero-order valence-corrected chi connectivity index (χ0v) is 12.8. The molecular weight excluding hydrogens is 238 g/mol. The molecule has 0 atom stereocenters. The van der Waals surface area contributed by atoms with Crippen LogP contribution in [0.1, 0.15) is 47.1 Å². The molecule has 1 rings (SSSR count). The van der Waals surface area contributed by atoms with Crippen molar-refractivity contribution in [1.29, 1.82) is 0 Å². The Labute approximate surface area is 116 Å². The Balaban J connectivity index is 0.00000154. The molecule has 0 bridgehead atoms. The number of amides is 1. The summed E-state index contributed by atoms with van der Waals surface area (Å²) in [4.78, 5) is 11.5. The van der Waals surface area contributed by atoms with Crippen LogP contribution in [-0.2, 0) is 4.74 Å². The first kappa shape index (κ1) is 17.2. The summed E-state index contributed by atoms with van der Waals surface area (Å²) >= 11 is 0. The van der Waals surface area contributed by atoms with Gasteiger partial charge in [-0.05, 0) is 45.4 Å². The first-order chi connectivity index (χ1) is 8.78. The summed E-state index contributed by atoms with van der Waals surface area (Å²) in [5.74, 6) is 0. The van der Waals surface area contributed by atoms with Gasteiger partial charge in [-0.3, -0.25) is 5.32 Å². The van der Waals surface area contributed by atoms with Crippen LogP contribution in [0.15, 0.2) is 30.8 Å². The minimum atomic E-state index is -0.484. The average molecular weight is 263 g/mol. The molecule has 19 heavy (non-hydrogen) atoms. The normalized spacial score (nSPS) is 10.0. The second-order valence-electron chi connectivity index (χ2n) is 4.98. The van der Waals surface area contributed by atoms with E-state index in [4.69, 9.17) is 4.74 Å². The van der Waals surface area contributed by atoms with E-state index in [-0.39, 0.29) is 0 Å². The van der Waals surface area contributed by atoms with E-state index in [1.165, 1.54) is 0 Å². The van der Waals surface area contributed by atoms with Crippen molar-refractivity contribution in [3.63, 3.8) is 0 Å². The van der Waals surface area contributed by atoms with Gasteiger partial charge in [0.05, 0.1) is 0 Å². The lowest BCUT2D eigenvalue weighted by Gasteiger charge is -2.19. The number of benzene rings is 1. The van der Waals surface area contributed by atoms with Gasteiger partial charge in [0.15, 0.2) is 0 Å². The van der Waals surface area contributed by atoms with E-state index in [0.29, 0.717) is 5.69 Å². The van der Waals surface area contributed by atoms with Crippen molar-refractivity contribution in [2.24, 2.45) is 0 Å². The van der Waals surface area contributed by atoms with Gasteiger partial charge in [-0.25, -0.2) is 4.79 Å².